The molecule has 0 saturated heterocycles. The number of esters is 1. The molecule has 0 unspecified atom stereocenters. The summed E-state index contributed by atoms with van der Waals surface area (Å²) in [6.45, 7) is 2.33. The van der Waals surface area contributed by atoms with Crippen LogP contribution in [0.1, 0.15) is 18.9 Å². The van der Waals surface area contributed by atoms with Crippen molar-refractivity contribution in [2.45, 2.75) is 18.8 Å². The molecule has 4 heteroatoms. The summed E-state index contributed by atoms with van der Waals surface area (Å²) in [7, 11) is 0. The quantitative estimate of drug-likeness (QED) is 0.451. The molecule has 0 bridgehead atoms. The molecule has 90 valence electrons. The van der Waals surface area contributed by atoms with E-state index >= 15 is 0 Å². The smallest absolute Gasteiger partial charge is 0.324 e. The molecule has 0 saturated carbocycles. The first-order valence-corrected chi connectivity index (χ1v) is 5.60. The number of rotatable bonds is 3. The molecule has 17 heavy (non-hydrogen) atoms. The maximum absolute atomic E-state index is 12.0. The summed E-state index contributed by atoms with van der Waals surface area (Å²) < 4.78 is 10.4. The Labute approximate surface area is 99.5 Å². The van der Waals surface area contributed by atoms with E-state index < -0.39 is 11.4 Å². The van der Waals surface area contributed by atoms with E-state index in [0.29, 0.717) is 30.6 Å². The van der Waals surface area contributed by atoms with Crippen LogP contribution in [-0.2, 0) is 19.7 Å². The third-order valence-electron chi connectivity index (χ3n) is 2.96. The van der Waals surface area contributed by atoms with Crippen molar-refractivity contribution < 1.29 is 19.1 Å². The van der Waals surface area contributed by atoms with Crippen molar-refractivity contribution in [1.29, 1.82) is 0 Å². The predicted molar refractivity (Wildman–Crippen MR) is 60.9 cm³/mol. The molecule has 1 aromatic rings. The van der Waals surface area contributed by atoms with Crippen molar-refractivity contribution >= 4 is 12.3 Å². The number of hydrogen-bond acceptors (Lipinski definition) is 4. The van der Waals surface area contributed by atoms with Crippen LogP contribution in [0.2, 0.25) is 0 Å². The molecule has 0 aliphatic carbocycles. The van der Waals surface area contributed by atoms with E-state index in [-0.39, 0.29) is 6.61 Å². The molecule has 2 rings (SSSR count). The van der Waals surface area contributed by atoms with Crippen molar-refractivity contribution in [3.05, 3.63) is 29.8 Å². The number of aldehydes is 1. The molecule has 1 aromatic carbocycles. The van der Waals surface area contributed by atoms with Gasteiger partial charge in [-0.3, -0.25) is 4.79 Å². The number of ether oxygens (including phenoxy) is 2. The molecule has 0 aromatic heterocycles. The second-order valence-electron chi connectivity index (χ2n) is 3.90. The standard InChI is InChI=1S/C13H14O4/c1-2-16-12(15)13(9-14)7-8-17-11-6-4-3-5-10(11)13/h3-6,9H,2,7-8H2,1H3/t13-/m1/s1. The Morgan fingerprint density at radius 1 is 1.53 bits per heavy atom. The number of para-hydroxylation sites is 1. The van der Waals surface area contributed by atoms with E-state index in [1.54, 1.807) is 25.1 Å². The van der Waals surface area contributed by atoms with E-state index in [2.05, 4.69) is 0 Å². The van der Waals surface area contributed by atoms with Gasteiger partial charge in [-0.05, 0) is 13.0 Å². The minimum absolute atomic E-state index is 0.261. The highest BCUT2D eigenvalue weighted by Gasteiger charge is 2.45. The molecular formula is C13H14O4. The van der Waals surface area contributed by atoms with E-state index in [4.69, 9.17) is 9.47 Å². The Morgan fingerprint density at radius 3 is 3.00 bits per heavy atom. The Bertz CT molecular complexity index is 441. The SMILES string of the molecule is CCOC(=O)[C@@]1(C=O)CCOc2ccccc21. The molecule has 1 aliphatic heterocycles. The minimum Gasteiger partial charge on any atom is -0.493 e. The monoisotopic (exact) mass is 234 g/mol. The third-order valence-corrected chi connectivity index (χ3v) is 2.96. The molecular weight excluding hydrogens is 220 g/mol. The first-order valence-electron chi connectivity index (χ1n) is 5.60. The number of benzene rings is 1. The number of fused-ring (bicyclic) bond motifs is 1. The van der Waals surface area contributed by atoms with Gasteiger partial charge in [0.1, 0.15) is 12.0 Å². The summed E-state index contributed by atoms with van der Waals surface area (Å²) >= 11 is 0. The Balaban J connectivity index is 2.49. The molecule has 0 amide bonds. The van der Waals surface area contributed by atoms with E-state index in [9.17, 15) is 9.59 Å². The van der Waals surface area contributed by atoms with Gasteiger partial charge < -0.3 is 14.3 Å². The number of carbonyl (C=O) groups excluding carboxylic acids is 2. The molecule has 0 spiro atoms. The fourth-order valence-electron chi connectivity index (χ4n) is 2.06. The van der Waals surface area contributed by atoms with Gasteiger partial charge in [-0.25, -0.2) is 0 Å². The largest absolute Gasteiger partial charge is 0.493 e. The van der Waals surface area contributed by atoms with Crippen LogP contribution in [-0.4, -0.2) is 25.5 Å². The molecule has 1 atom stereocenters. The summed E-state index contributed by atoms with van der Waals surface area (Å²) in [6.07, 6.45) is 0.999. The lowest BCUT2D eigenvalue weighted by Crippen LogP contribution is -2.43. The molecule has 1 heterocycles. The lowest BCUT2D eigenvalue weighted by atomic mass is 9.77. The molecule has 0 radical (unpaired) electrons. The molecule has 1 aliphatic rings. The van der Waals surface area contributed by atoms with Gasteiger partial charge in [0.15, 0.2) is 5.41 Å². The van der Waals surface area contributed by atoms with E-state index in [1.165, 1.54) is 0 Å². The van der Waals surface area contributed by atoms with Gasteiger partial charge in [0.2, 0.25) is 0 Å². The van der Waals surface area contributed by atoms with E-state index in [1.807, 2.05) is 6.07 Å². The van der Waals surface area contributed by atoms with Crippen LogP contribution in [0.4, 0.5) is 0 Å². The van der Waals surface area contributed by atoms with Crippen LogP contribution in [0.5, 0.6) is 5.75 Å². The van der Waals surface area contributed by atoms with Gasteiger partial charge in [-0.2, -0.15) is 0 Å². The maximum atomic E-state index is 12.0. The average Bonchev–Trinajstić information content (AvgIpc) is 2.38. The topological polar surface area (TPSA) is 52.6 Å². The summed E-state index contributed by atoms with van der Waals surface area (Å²) in [5.74, 6) is 0.0876. The molecule has 4 nitrogen and oxygen atoms in total. The second kappa shape index (κ2) is 4.57. The van der Waals surface area contributed by atoms with Crippen molar-refractivity contribution in [2.75, 3.05) is 13.2 Å². The molecule has 0 fully saturated rings. The van der Waals surface area contributed by atoms with Crippen LogP contribution in [0.3, 0.4) is 0 Å². The zero-order valence-corrected chi connectivity index (χ0v) is 9.64. The van der Waals surface area contributed by atoms with E-state index in [0.717, 1.165) is 0 Å². The third kappa shape index (κ3) is 1.79. The second-order valence-corrected chi connectivity index (χ2v) is 3.90. The Kier molecular flexibility index (Phi) is 3.13. The van der Waals surface area contributed by atoms with Gasteiger partial charge in [0.05, 0.1) is 13.2 Å². The Morgan fingerprint density at radius 2 is 2.29 bits per heavy atom. The van der Waals surface area contributed by atoms with Gasteiger partial charge in [0.25, 0.3) is 0 Å². The van der Waals surface area contributed by atoms with Gasteiger partial charge in [-0.1, -0.05) is 18.2 Å². The fourth-order valence-corrected chi connectivity index (χ4v) is 2.06. The Hall–Kier alpha value is -1.84. The first-order chi connectivity index (χ1) is 8.24. The van der Waals surface area contributed by atoms with Crippen LogP contribution in [0, 0.1) is 0 Å². The number of carbonyl (C=O) groups is 2. The highest BCUT2D eigenvalue weighted by Crippen LogP contribution is 2.38. The number of hydrogen-bond donors (Lipinski definition) is 0. The zero-order valence-electron chi connectivity index (χ0n) is 9.64. The normalized spacial score (nSPS) is 22.2. The summed E-state index contributed by atoms with van der Waals surface area (Å²) in [6, 6.07) is 7.08. The maximum Gasteiger partial charge on any atom is 0.324 e. The summed E-state index contributed by atoms with van der Waals surface area (Å²) in [5, 5.41) is 0. The van der Waals surface area contributed by atoms with Crippen LogP contribution < -0.4 is 4.74 Å². The highest BCUT2D eigenvalue weighted by atomic mass is 16.5. The van der Waals surface area contributed by atoms with Crippen LogP contribution in [0.15, 0.2) is 24.3 Å². The van der Waals surface area contributed by atoms with Crippen molar-refractivity contribution in [2.24, 2.45) is 0 Å². The van der Waals surface area contributed by atoms with Crippen LogP contribution >= 0.6 is 0 Å². The average molecular weight is 234 g/mol. The van der Waals surface area contributed by atoms with Gasteiger partial charge >= 0.3 is 5.97 Å². The van der Waals surface area contributed by atoms with Crippen molar-refractivity contribution in [1.82, 2.24) is 0 Å². The summed E-state index contributed by atoms with van der Waals surface area (Å²) in [5.41, 5.74) is -0.607. The zero-order chi connectivity index (χ0) is 12.3. The lowest BCUT2D eigenvalue weighted by Gasteiger charge is -2.31. The lowest BCUT2D eigenvalue weighted by molar-refractivity contribution is -0.152. The molecule has 0 N–H and O–H groups in total. The highest BCUT2D eigenvalue weighted by molar-refractivity contribution is 6.01. The van der Waals surface area contributed by atoms with Crippen molar-refractivity contribution in [3.8, 4) is 5.75 Å². The first kappa shape index (κ1) is 11.6. The minimum atomic E-state index is -1.20. The predicted octanol–water partition coefficient (Wildman–Crippen LogP) is 1.47. The van der Waals surface area contributed by atoms with Crippen LogP contribution in [0.25, 0.3) is 0 Å². The fraction of sp³-hybridized carbons (Fsp3) is 0.385. The van der Waals surface area contributed by atoms with Gasteiger partial charge in [-0.15, -0.1) is 0 Å². The van der Waals surface area contributed by atoms with Gasteiger partial charge in [0, 0.05) is 12.0 Å². The summed E-state index contributed by atoms with van der Waals surface area (Å²) in [4.78, 5) is 23.4. The van der Waals surface area contributed by atoms with Crippen molar-refractivity contribution in [3.63, 3.8) is 0 Å².